The van der Waals surface area contributed by atoms with Gasteiger partial charge in [0.1, 0.15) is 6.33 Å². The van der Waals surface area contributed by atoms with Gasteiger partial charge in [-0.1, -0.05) is 0 Å². The number of nitrogen functional groups attached to an aromatic ring is 1. The van der Waals surface area contributed by atoms with Crippen LogP contribution in [0.25, 0.3) is 0 Å². The minimum atomic E-state index is -0.589. The monoisotopic (exact) mass is 227 g/mol. The average molecular weight is 227 g/mol. The molecule has 2 N–H and O–H groups in total. The Labute approximate surface area is 92.2 Å². The summed E-state index contributed by atoms with van der Waals surface area (Å²) in [6.07, 6.45) is 1.20. The Morgan fingerprint density at radius 1 is 1.62 bits per heavy atom. The van der Waals surface area contributed by atoms with Crippen LogP contribution >= 0.6 is 0 Å². The lowest BCUT2D eigenvalue weighted by Gasteiger charge is -2.17. The lowest BCUT2D eigenvalue weighted by atomic mass is 10.4. The van der Waals surface area contributed by atoms with E-state index >= 15 is 0 Å². The molecule has 0 saturated heterocycles. The summed E-state index contributed by atoms with van der Waals surface area (Å²) < 4.78 is 4.88. The van der Waals surface area contributed by atoms with Crippen LogP contribution in [0.2, 0.25) is 0 Å². The predicted molar refractivity (Wildman–Crippen MR) is 58.2 cm³/mol. The highest BCUT2D eigenvalue weighted by molar-refractivity contribution is 5.68. The Morgan fingerprint density at radius 2 is 2.31 bits per heavy atom. The van der Waals surface area contributed by atoms with Gasteiger partial charge in [0, 0.05) is 20.7 Å². The second-order valence-electron chi connectivity index (χ2n) is 3.10. The van der Waals surface area contributed by atoms with Crippen molar-refractivity contribution >= 4 is 17.3 Å². The molecule has 88 valence electrons. The minimum Gasteiger partial charge on any atom is -0.383 e. The Kier molecular flexibility index (Phi) is 3.95. The van der Waals surface area contributed by atoms with Crippen molar-refractivity contribution in [1.29, 1.82) is 0 Å². The zero-order valence-electron chi connectivity index (χ0n) is 9.08. The van der Waals surface area contributed by atoms with Gasteiger partial charge in [-0.15, -0.1) is 0 Å². The summed E-state index contributed by atoms with van der Waals surface area (Å²) >= 11 is 0. The molecule has 1 aromatic heterocycles. The summed E-state index contributed by atoms with van der Waals surface area (Å²) in [5, 5.41) is 10.8. The Morgan fingerprint density at radius 3 is 2.88 bits per heavy atom. The molecule has 0 saturated carbocycles. The number of methoxy groups -OCH3 is 1. The van der Waals surface area contributed by atoms with E-state index in [1.54, 1.807) is 19.1 Å². The minimum absolute atomic E-state index is 0.140. The molecule has 0 fully saturated rings. The molecule has 0 aliphatic heterocycles. The third-order valence-electron chi connectivity index (χ3n) is 2.01. The van der Waals surface area contributed by atoms with Crippen molar-refractivity contribution in [1.82, 2.24) is 9.97 Å². The largest absolute Gasteiger partial charge is 0.383 e. The van der Waals surface area contributed by atoms with Crippen molar-refractivity contribution in [3.8, 4) is 0 Å². The summed E-state index contributed by atoms with van der Waals surface area (Å²) in [6.45, 7) is 0.922. The van der Waals surface area contributed by atoms with E-state index in [9.17, 15) is 10.1 Å². The smallest absolute Gasteiger partial charge is 0.353 e. The van der Waals surface area contributed by atoms with E-state index in [0.717, 1.165) is 0 Å². The van der Waals surface area contributed by atoms with Crippen LogP contribution < -0.4 is 10.6 Å². The van der Waals surface area contributed by atoms with Crippen LogP contribution in [0.15, 0.2) is 6.33 Å². The Balaban J connectivity index is 3.02. The quantitative estimate of drug-likeness (QED) is 0.559. The van der Waals surface area contributed by atoms with Gasteiger partial charge in [0.15, 0.2) is 0 Å². The van der Waals surface area contributed by atoms with E-state index in [0.29, 0.717) is 13.2 Å². The van der Waals surface area contributed by atoms with Crippen molar-refractivity contribution in [3.63, 3.8) is 0 Å². The highest BCUT2D eigenvalue weighted by Crippen LogP contribution is 2.28. The van der Waals surface area contributed by atoms with Crippen molar-refractivity contribution in [2.75, 3.05) is 37.9 Å². The fourth-order valence-corrected chi connectivity index (χ4v) is 1.17. The lowest BCUT2D eigenvalue weighted by molar-refractivity contribution is -0.383. The van der Waals surface area contributed by atoms with Gasteiger partial charge in [-0.25, -0.2) is 9.97 Å². The molecule has 16 heavy (non-hydrogen) atoms. The fourth-order valence-electron chi connectivity index (χ4n) is 1.17. The predicted octanol–water partition coefficient (Wildman–Crippen LogP) is 0.0496. The standard InChI is InChI=1S/C8H13N5O3/c1-12(3-4-16-2)8-6(13(14)15)7(9)10-5-11-8/h5H,3-4H2,1-2H3,(H2,9,10,11). The van der Waals surface area contributed by atoms with Crippen LogP contribution in [-0.2, 0) is 4.74 Å². The maximum Gasteiger partial charge on any atom is 0.353 e. The fraction of sp³-hybridized carbons (Fsp3) is 0.500. The third-order valence-corrected chi connectivity index (χ3v) is 2.01. The second kappa shape index (κ2) is 5.21. The van der Waals surface area contributed by atoms with E-state index < -0.39 is 4.92 Å². The first-order chi connectivity index (χ1) is 7.57. The van der Waals surface area contributed by atoms with E-state index in [1.165, 1.54) is 6.33 Å². The number of likely N-dealkylation sites (N-methyl/N-ethyl adjacent to an activating group) is 1. The molecule has 8 heteroatoms. The average Bonchev–Trinajstić information content (AvgIpc) is 2.24. The number of rotatable bonds is 5. The van der Waals surface area contributed by atoms with E-state index in [2.05, 4.69) is 9.97 Å². The maximum absolute atomic E-state index is 10.8. The number of hydrogen-bond acceptors (Lipinski definition) is 7. The number of ether oxygens (including phenoxy) is 1. The number of aromatic nitrogens is 2. The van der Waals surface area contributed by atoms with Gasteiger partial charge >= 0.3 is 5.69 Å². The molecular weight excluding hydrogens is 214 g/mol. The summed E-state index contributed by atoms with van der Waals surface area (Å²) in [7, 11) is 3.23. The SMILES string of the molecule is COCCN(C)c1ncnc(N)c1[N+](=O)[O-]. The molecule has 8 nitrogen and oxygen atoms in total. The Bertz CT molecular complexity index is 384. The summed E-state index contributed by atoms with van der Waals surface area (Å²) in [4.78, 5) is 19.3. The van der Waals surface area contributed by atoms with Crippen molar-refractivity contribution in [2.45, 2.75) is 0 Å². The van der Waals surface area contributed by atoms with E-state index in [-0.39, 0.29) is 17.3 Å². The molecule has 0 aliphatic rings. The van der Waals surface area contributed by atoms with Crippen LogP contribution in [0, 0.1) is 10.1 Å². The van der Waals surface area contributed by atoms with Gasteiger partial charge < -0.3 is 15.4 Å². The van der Waals surface area contributed by atoms with Crippen molar-refractivity contribution in [3.05, 3.63) is 16.4 Å². The number of hydrogen-bond donors (Lipinski definition) is 1. The van der Waals surface area contributed by atoms with Gasteiger partial charge in [-0.3, -0.25) is 10.1 Å². The summed E-state index contributed by atoms with van der Waals surface area (Å²) in [5.74, 6) is 0.0498. The van der Waals surface area contributed by atoms with E-state index in [4.69, 9.17) is 10.5 Å². The highest BCUT2D eigenvalue weighted by Gasteiger charge is 2.23. The van der Waals surface area contributed by atoms with Crippen LogP contribution in [0.3, 0.4) is 0 Å². The molecular formula is C8H13N5O3. The van der Waals surface area contributed by atoms with Crippen LogP contribution in [0.1, 0.15) is 0 Å². The van der Waals surface area contributed by atoms with Crippen LogP contribution in [0.4, 0.5) is 17.3 Å². The van der Waals surface area contributed by atoms with Gasteiger partial charge in [-0.05, 0) is 0 Å². The highest BCUT2D eigenvalue weighted by atomic mass is 16.6. The molecule has 0 aromatic carbocycles. The molecule has 0 atom stereocenters. The first-order valence-corrected chi connectivity index (χ1v) is 4.53. The molecule has 0 radical (unpaired) electrons. The van der Waals surface area contributed by atoms with Gasteiger partial charge in [0.25, 0.3) is 0 Å². The van der Waals surface area contributed by atoms with Crippen LogP contribution in [-0.4, -0.2) is 42.2 Å². The molecule has 1 rings (SSSR count). The Hall–Kier alpha value is -1.96. The van der Waals surface area contributed by atoms with Crippen molar-refractivity contribution < 1.29 is 9.66 Å². The number of nitrogens with two attached hydrogens (primary N) is 1. The van der Waals surface area contributed by atoms with Gasteiger partial charge in [0.05, 0.1) is 11.5 Å². The molecule has 0 aliphatic carbocycles. The number of anilines is 2. The first kappa shape index (κ1) is 12.1. The molecule has 0 bridgehead atoms. The summed E-state index contributed by atoms with van der Waals surface area (Å²) in [6, 6.07) is 0. The molecule has 0 amide bonds. The molecule has 0 unspecified atom stereocenters. The maximum atomic E-state index is 10.8. The third kappa shape index (κ3) is 2.54. The van der Waals surface area contributed by atoms with Crippen LogP contribution in [0.5, 0.6) is 0 Å². The number of nitro groups is 1. The zero-order chi connectivity index (χ0) is 12.1. The zero-order valence-corrected chi connectivity index (χ0v) is 9.08. The van der Waals surface area contributed by atoms with E-state index in [1.807, 2.05) is 0 Å². The van der Waals surface area contributed by atoms with Gasteiger partial charge in [-0.2, -0.15) is 0 Å². The molecule has 1 aromatic rings. The van der Waals surface area contributed by atoms with Crippen molar-refractivity contribution in [2.24, 2.45) is 0 Å². The second-order valence-corrected chi connectivity index (χ2v) is 3.10. The summed E-state index contributed by atoms with van der Waals surface area (Å²) in [5.41, 5.74) is 5.16. The topological polar surface area (TPSA) is 107 Å². The molecule has 0 spiro atoms. The lowest BCUT2D eigenvalue weighted by Crippen LogP contribution is -2.24. The normalized spacial score (nSPS) is 10.1. The van der Waals surface area contributed by atoms with Gasteiger partial charge in [0.2, 0.25) is 11.6 Å². The number of nitrogens with zero attached hydrogens (tertiary/aromatic N) is 4. The first-order valence-electron chi connectivity index (χ1n) is 4.53. The molecule has 1 heterocycles.